The van der Waals surface area contributed by atoms with Crippen LogP contribution in [0.5, 0.6) is 0 Å². The summed E-state index contributed by atoms with van der Waals surface area (Å²) < 4.78 is 30.0. The van der Waals surface area contributed by atoms with E-state index in [1.54, 1.807) is 36.7 Å². The van der Waals surface area contributed by atoms with Crippen molar-refractivity contribution in [1.29, 1.82) is 0 Å². The summed E-state index contributed by atoms with van der Waals surface area (Å²) in [6, 6.07) is 19.5. The molecule has 3 aromatic carbocycles. The number of amides is 1. The number of benzene rings is 3. The first-order valence-electron chi connectivity index (χ1n) is 10.5. The predicted molar refractivity (Wildman–Crippen MR) is 132 cm³/mol. The summed E-state index contributed by atoms with van der Waals surface area (Å²) in [4.78, 5) is 17.5. The molecule has 0 radical (unpaired) electrons. The Kier molecular flexibility index (Phi) is 6.72. The number of nitrogens with one attached hydrogen (secondary N) is 2. The van der Waals surface area contributed by atoms with Crippen molar-refractivity contribution in [1.82, 2.24) is 14.9 Å². The molecule has 0 fully saturated rings. The van der Waals surface area contributed by atoms with E-state index in [0.717, 1.165) is 11.1 Å². The Hall–Kier alpha value is -3.62. The molecule has 0 aliphatic rings. The zero-order valence-corrected chi connectivity index (χ0v) is 20.1. The van der Waals surface area contributed by atoms with E-state index in [1.807, 2.05) is 42.8 Å². The zero-order chi connectivity index (χ0) is 24.3. The molecule has 7 nitrogen and oxygen atoms in total. The van der Waals surface area contributed by atoms with Gasteiger partial charge in [0.15, 0.2) is 0 Å². The first-order valence-corrected chi connectivity index (χ1v) is 12.3. The van der Waals surface area contributed by atoms with Gasteiger partial charge in [-0.05, 0) is 60.5 Å². The first-order chi connectivity index (χ1) is 16.2. The topological polar surface area (TPSA) is 93.1 Å². The summed E-state index contributed by atoms with van der Waals surface area (Å²) in [5.41, 5.74) is 2.45. The number of anilines is 1. The number of hydrogen-bond donors (Lipinski definition) is 2. The van der Waals surface area contributed by atoms with Crippen LogP contribution in [0.3, 0.4) is 0 Å². The monoisotopic (exact) mass is 494 g/mol. The molecule has 4 aromatic rings. The van der Waals surface area contributed by atoms with Crippen LogP contribution in [0.1, 0.15) is 33.4 Å². The largest absolute Gasteiger partial charge is 0.338 e. The lowest BCUT2D eigenvalue weighted by molar-refractivity contribution is 0.0941. The number of para-hydroxylation sites is 1. The summed E-state index contributed by atoms with van der Waals surface area (Å²) in [5.74, 6) is 0.288. The van der Waals surface area contributed by atoms with Crippen molar-refractivity contribution in [3.63, 3.8) is 0 Å². The maximum Gasteiger partial charge on any atom is 0.261 e. The molecule has 1 heterocycles. The van der Waals surface area contributed by atoms with Crippen LogP contribution >= 0.6 is 11.6 Å². The molecule has 9 heteroatoms. The summed E-state index contributed by atoms with van der Waals surface area (Å²) in [7, 11) is -1.95. The van der Waals surface area contributed by atoms with Crippen molar-refractivity contribution in [2.24, 2.45) is 7.05 Å². The lowest BCUT2D eigenvalue weighted by atomic mass is 10.1. The molecular weight excluding hydrogens is 472 g/mol. The first kappa shape index (κ1) is 23.5. The predicted octanol–water partition coefficient (Wildman–Crippen LogP) is 4.70. The van der Waals surface area contributed by atoms with E-state index in [2.05, 4.69) is 15.0 Å². The molecule has 1 aromatic heterocycles. The van der Waals surface area contributed by atoms with E-state index in [9.17, 15) is 13.2 Å². The number of sulfonamides is 1. The average Bonchev–Trinajstić information content (AvgIpc) is 3.25. The van der Waals surface area contributed by atoms with E-state index in [0.29, 0.717) is 22.1 Å². The highest BCUT2D eigenvalue weighted by atomic mass is 35.5. The minimum absolute atomic E-state index is 0.0608. The fourth-order valence-electron chi connectivity index (χ4n) is 3.50. The summed E-state index contributed by atoms with van der Waals surface area (Å²) in [6.45, 7) is 1.82. The van der Waals surface area contributed by atoms with Gasteiger partial charge in [0.25, 0.3) is 15.9 Å². The third-order valence-corrected chi connectivity index (χ3v) is 7.04. The minimum Gasteiger partial charge on any atom is -0.338 e. The van der Waals surface area contributed by atoms with Crippen molar-refractivity contribution in [2.75, 3.05) is 4.72 Å². The second-order valence-electron chi connectivity index (χ2n) is 7.80. The Morgan fingerprint density at radius 3 is 2.29 bits per heavy atom. The normalized spacial score (nSPS) is 12.2. The lowest BCUT2D eigenvalue weighted by Crippen LogP contribution is -2.31. The van der Waals surface area contributed by atoms with Crippen LogP contribution in [0.25, 0.3) is 0 Å². The minimum atomic E-state index is -3.80. The van der Waals surface area contributed by atoms with Crippen LogP contribution in [-0.4, -0.2) is 23.9 Å². The van der Waals surface area contributed by atoms with Crippen molar-refractivity contribution in [2.45, 2.75) is 17.9 Å². The second kappa shape index (κ2) is 9.70. The van der Waals surface area contributed by atoms with Crippen molar-refractivity contribution >= 4 is 33.2 Å². The van der Waals surface area contributed by atoms with Crippen LogP contribution < -0.4 is 10.0 Å². The number of halogens is 1. The zero-order valence-electron chi connectivity index (χ0n) is 18.6. The number of carbonyl (C=O) groups excluding carboxylic acids is 1. The molecule has 0 unspecified atom stereocenters. The number of aryl methyl sites for hydroxylation is 2. The Morgan fingerprint density at radius 2 is 1.68 bits per heavy atom. The van der Waals surface area contributed by atoms with Crippen LogP contribution in [0.2, 0.25) is 5.02 Å². The quantitative estimate of drug-likeness (QED) is 0.389. The fourth-order valence-corrected chi connectivity index (χ4v) is 4.76. The van der Waals surface area contributed by atoms with E-state index in [1.165, 1.54) is 24.3 Å². The molecule has 34 heavy (non-hydrogen) atoms. The maximum atomic E-state index is 13.1. The molecular formula is C25H23ClN4O3S. The summed E-state index contributed by atoms with van der Waals surface area (Å²) >= 11 is 6.02. The van der Waals surface area contributed by atoms with Crippen LogP contribution in [0, 0.1) is 6.92 Å². The highest BCUT2D eigenvalue weighted by molar-refractivity contribution is 7.92. The van der Waals surface area contributed by atoms with Gasteiger partial charge in [-0.15, -0.1) is 0 Å². The molecule has 0 aliphatic carbocycles. The standard InChI is InChI=1S/C25H23ClN4O3S/c1-17-5-3-4-6-22(17)29-34(32,33)21-13-9-19(10-14-21)25(31)28-23(24-27-15-16-30(24)2)18-7-11-20(26)12-8-18/h3-16,23,29H,1-2H3,(H,28,31)/t23-/m1/s1. The molecule has 174 valence electrons. The van der Waals surface area contributed by atoms with Gasteiger partial charge in [0.05, 0.1) is 10.6 Å². The summed E-state index contributed by atoms with van der Waals surface area (Å²) in [5, 5.41) is 3.58. The van der Waals surface area contributed by atoms with Gasteiger partial charge in [0, 0.05) is 30.0 Å². The van der Waals surface area contributed by atoms with Gasteiger partial charge in [-0.25, -0.2) is 13.4 Å². The number of aromatic nitrogens is 2. The number of carbonyl (C=O) groups is 1. The van der Waals surface area contributed by atoms with Gasteiger partial charge >= 0.3 is 0 Å². The molecule has 0 spiro atoms. The van der Waals surface area contributed by atoms with E-state index in [4.69, 9.17) is 11.6 Å². The molecule has 0 aliphatic heterocycles. The fraction of sp³-hybridized carbons (Fsp3) is 0.120. The SMILES string of the molecule is Cc1ccccc1NS(=O)(=O)c1ccc(C(=O)N[C@H](c2ccc(Cl)cc2)c2nccn2C)cc1. The Bertz CT molecular complexity index is 1420. The van der Waals surface area contributed by atoms with Crippen molar-refractivity contribution in [3.8, 4) is 0 Å². The van der Waals surface area contributed by atoms with Crippen LogP contribution in [0.4, 0.5) is 5.69 Å². The Balaban J connectivity index is 1.56. The molecule has 0 bridgehead atoms. The summed E-state index contributed by atoms with van der Waals surface area (Å²) in [6.07, 6.45) is 3.46. The average molecular weight is 495 g/mol. The third kappa shape index (κ3) is 5.13. The number of nitrogens with zero attached hydrogens (tertiary/aromatic N) is 2. The van der Waals surface area contributed by atoms with Gasteiger partial charge in [0.2, 0.25) is 0 Å². The molecule has 4 rings (SSSR count). The number of hydrogen-bond acceptors (Lipinski definition) is 4. The van der Waals surface area contributed by atoms with Gasteiger partial charge < -0.3 is 9.88 Å². The van der Waals surface area contributed by atoms with Gasteiger partial charge in [-0.1, -0.05) is 41.9 Å². The molecule has 1 atom stereocenters. The van der Waals surface area contributed by atoms with Crippen molar-refractivity contribution in [3.05, 3.63) is 113 Å². The highest BCUT2D eigenvalue weighted by Gasteiger charge is 2.22. The smallest absolute Gasteiger partial charge is 0.261 e. The molecule has 2 N–H and O–H groups in total. The van der Waals surface area contributed by atoms with E-state index in [-0.39, 0.29) is 10.8 Å². The van der Waals surface area contributed by atoms with Crippen LogP contribution in [0.15, 0.2) is 90.1 Å². The van der Waals surface area contributed by atoms with E-state index >= 15 is 0 Å². The number of rotatable bonds is 7. The number of imidazole rings is 1. The molecule has 0 saturated carbocycles. The Morgan fingerprint density at radius 1 is 1.00 bits per heavy atom. The molecule has 1 amide bonds. The maximum absolute atomic E-state index is 13.1. The highest BCUT2D eigenvalue weighted by Crippen LogP contribution is 2.24. The third-order valence-electron chi connectivity index (χ3n) is 5.41. The van der Waals surface area contributed by atoms with Crippen molar-refractivity contribution < 1.29 is 13.2 Å². The Labute approximate surface area is 203 Å². The molecule has 0 saturated heterocycles. The van der Waals surface area contributed by atoms with Gasteiger partial charge in [0.1, 0.15) is 11.9 Å². The van der Waals surface area contributed by atoms with Gasteiger partial charge in [-0.3, -0.25) is 9.52 Å². The lowest BCUT2D eigenvalue weighted by Gasteiger charge is -2.19. The van der Waals surface area contributed by atoms with E-state index < -0.39 is 16.1 Å². The van der Waals surface area contributed by atoms with Gasteiger partial charge in [-0.2, -0.15) is 0 Å². The van der Waals surface area contributed by atoms with Crippen LogP contribution in [-0.2, 0) is 17.1 Å². The second-order valence-corrected chi connectivity index (χ2v) is 9.92.